The fourth-order valence-electron chi connectivity index (χ4n) is 2.22. The topological polar surface area (TPSA) is 3.24 Å². The molecule has 1 heterocycles. The van der Waals surface area contributed by atoms with Crippen molar-refractivity contribution >= 4 is 11.6 Å². The molecule has 1 nitrogen and oxygen atoms in total. The second-order valence-corrected chi connectivity index (χ2v) is 5.34. The highest BCUT2D eigenvalue weighted by molar-refractivity contribution is 6.20. The predicted octanol–water partition coefficient (Wildman–Crippen LogP) is 3.27. The van der Waals surface area contributed by atoms with Crippen LogP contribution in [-0.4, -0.2) is 28.9 Å². The molecule has 0 unspecified atom stereocenters. The summed E-state index contributed by atoms with van der Waals surface area (Å²) < 4.78 is 0. The Morgan fingerprint density at radius 2 is 1.85 bits per heavy atom. The van der Waals surface area contributed by atoms with E-state index in [2.05, 4.69) is 25.7 Å². The highest BCUT2D eigenvalue weighted by Crippen LogP contribution is 2.26. The van der Waals surface area contributed by atoms with Crippen molar-refractivity contribution in [1.82, 2.24) is 4.90 Å². The van der Waals surface area contributed by atoms with Gasteiger partial charge in [-0.1, -0.05) is 13.3 Å². The molecule has 0 spiro atoms. The maximum absolute atomic E-state index is 6.08. The van der Waals surface area contributed by atoms with Crippen LogP contribution in [0.2, 0.25) is 0 Å². The van der Waals surface area contributed by atoms with E-state index >= 15 is 0 Å². The summed E-state index contributed by atoms with van der Waals surface area (Å²) in [5.41, 5.74) is 0.381. The Morgan fingerprint density at radius 3 is 2.31 bits per heavy atom. The molecule has 1 fully saturated rings. The second kappa shape index (κ2) is 4.65. The third kappa shape index (κ3) is 3.14. The Morgan fingerprint density at radius 1 is 1.31 bits per heavy atom. The maximum atomic E-state index is 6.08. The summed E-state index contributed by atoms with van der Waals surface area (Å²) in [6.45, 7) is 9.33. The van der Waals surface area contributed by atoms with Crippen LogP contribution in [0.1, 0.15) is 46.5 Å². The fourth-order valence-corrected chi connectivity index (χ4v) is 2.42. The molecule has 0 radical (unpaired) electrons. The minimum atomic E-state index is 0.381. The summed E-state index contributed by atoms with van der Waals surface area (Å²) in [7, 11) is 0. The van der Waals surface area contributed by atoms with Crippen molar-refractivity contribution in [2.24, 2.45) is 0 Å². The van der Waals surface area contributed by atoms with E-state index in [4.69, 9.17) is 11.6 Å². The molecule has 1 saturated heterocycles. The lowest BCUT2D eigenvalue weighted by atomic mass is 9.94. The standard InChI is InChI=1S/C11H22ClN/c1-4-7-11(2,3)13-8-5-10(12)6-9-13/h10H,4-9H2,1-3H3. The van der Waals surface area contributed by atoms with E-state index < -0.39 is 0 Å². The van der Waals surface area contributed by atoms with Gasteiger partial charge in [0, 0.05) is 24.0 Å². The van der Waals surface area contributed by atoms with Crippen LogP contribution >= 0.6 is 11.6 Å². The van der Waals surface area contributed by atoms with Crippen LogP contribution in [0, 0.1) is 0 Å². The van der Waals surface area contributed by atoms with Gasteiger partial charge >= 0.3 is 0 Å². The number of hydrogen-bond donors (Lipinski definition) is 0. The summed E-state index contributed by atoms with van der Waals surface area (Å²) in [6, 6.07) is 0. The first kappa shape index (κ1) is 11.3. The molecular weight excluding hydrogens is 182 g/mol. The number of alkyl halides is 1. The molecule has 0 amide bonds. The van der Waals surface area contributed by atoms with E-state index in [0.717, 1.165) is 12.8 Å². The van der Waals surface area contributed by atoms with E-state index in [9.17, 15) is 0 Å². The molecular formula is C11H22ClN. The van der Waals surface area contributed by atoms with Crippen LogP contribution in [0.15, 0.2) is 0 Å². The fraction of sp³-hybridized carbons (Fsp3) is 1.00. The summed E-state index contributed by atoms with van der Waals surface area (Å²) >= 11 is 6.08. The molecule has 78 valence electrons. The smallest absolute Gasteiger partial charge is 0.0360 e. The Labute approximate surface area is 87.4 Å². The van der Waals surface area contributed by atoms with Gasteiger partial charge in [-0.3, -0.25) is 4.90 Å². The van der Waals surface area contributed by atoms with Gasteiger partial charge < -0.3 is 0 Å². The molecule has 0 aromatic carbocycles. The monoisotopic (exact) mass is 203 g/mol. The normalized spacial score (nSPS) is 22.2. The van der Waals surface area contributed by atoms with Gasteiger partial charge in [-0.05, 0) is 33.1 Å². The van der Waals surface area contributed by atoms with Gasteiger partial charge in [-0.2, -0.15) is 0 Å². The Kier molecular flexibility index (Phi) is 4.06. The number of halogens is 1. The SMILES string of the molecule is CCCC(C)(C)N1CCC(Cl)CC1. The van der Waals surface area contributed by atoms with E-state index in [0.29, 0.717) is 10.9 Å². The van der Waals surface area contributed by atoms with Crippen molar-refractivity contribution in [3.05, 3.63) is 0 Å². The molecule has 1 aliphatic heterocycles. The van der Waals surface area contributed by atoms with Gasteiger partial charge in [0.25, 0.3) is 0 Å². The van der Waals surface area contributed by atoms with Crippen LogP contribution in [0.4, 0.5) is 0 Å². The van der Waals surface area contributed by atoms with Gasteiger partial charge in [0.05, 0.1) is 0 Å². The number of hydrogen-bond acceptors (Lipinski definition) is 1. The third-order valence-electron chi connectivity index (χ3n) is 3.14. The highest BCUT2D eigenvalue weighted by atomic mass is 35.5. The zero-order valence-corrected chi connectivity index (χ0v) is 9.90. The van der Waals surface area contributed by atoms with E-state index in [1.807, 2.05) is 0 Å². The first-order valence-electron chi connectivity index (χ1n) is 5.45. The quantitative estimate of drug-likeness (QED) is 0.637. The van der Waals surface area contributed by atoms with Gasteiger partial charge in [0.2, 0.25) is 0 Å². The molecule has 0 aromatic heterocycles. The number of piperidine rings is 1. The first-order chi connectivity index (χ1) is 6.06. The van der Waals surface area contributed by atoms with Gasteiger partial charge in [-0.15, -0.1) is 11.6 Å². The van der Waals surface area contributed by atoms with E-state index in [-0.39, 0.29) is 0 Å². The van der Waals surface area contributed by atoms with Crippen molar-refractivity contribution in [1.29, 1.82) is 0 Å². The van der Waals surface area contributed by atoms with Gasteiger partial charge in [0.1, 0.15) is 0 Å². The largest absolute Gasteiger partial charge is 0.298 e. The minimum Gasteiger partial charge on any atom is -0.298 e. The van der Waals surface area contributed by atoms with Gasteiger partial charge in [-0.25, -0.2) is 0 Å². The van der Waals surface area contributed by atoms with Crippen LogP contribution in [0.3, 0.4) is 0 Å². The molecule has 0 aliphatic carbocycles. The maximum Gasteiger partial charge on any atom is 0.0360 e. The Balaban J connectivity index is 2.42. The average molecular weight is 204 g/mol. The molecule has 1 aliphatic rings. The first-order valence-corrected chi connectivity index (χ1v) is 5.89. The molecule has 1 rings (SSSR count). The second-order valence-electron chi connectivity index (χ2n) is 4.72. The molecule has 0 N–H and O–H groups in total. The molecule has 13 heavy (non-hydrogen) atoms. The zero-order valence-electron chi connectivity index (χ0n) is 9.15. The predicted molar refractivity (Wildman–Crippen MR) is 59.4 cm³/mol. The Hall–Kier alpha value is 0.250. The number of likely N-dealkylation sites (tertiary alicyclic amines) is 1. The molecule has 2 heteroatoms. The van der Waals surface area contributed by atoms with Crippen LogP contribution in [0.25, 0.3) is 0 Å². The molecule has 0 aromatic rings. The molecule has 0 saturated carbocycles. The third-order valence-corrected chi connectivity index (χ3v) is 3.58. The zero-order chi connectivity index (χ0) is 9.90. The summed E-state index contributed by atoms with van der Waals surface area (Å²) in [4.78, 5) is 2.59. The van der Waals surface area contributed by atoms with Crippen LogP contribution < -0.4 is 0 Å². The lowest BCUT2D eigenvalue weighted by Gasteiger charge is -2.42. The van der Waals surface area contributed by atoms with E-state index in [1.54, 1.807) is 0 Å². The number of nitrogens with zero attached hydrogens (tertiary/aromatic N) is 1. The summed E-state index contributed by atoms with van der Waals surface area (Å²) in [5.74, 6) is 0. The van der Waals surface area contributed by atoms with E-state index in [1.165, 1.54) is 25.9 Å². The molecule has 0 atom stereocenters. The summed E-state index contributed by atoms with van der Waals surface area (Å²) in [5, 5.41) is 0.425. The average Bonchev–Trinajstić information content (AvgIpc) is 2.05. The van der Waals surface area contributed by atoms with Crippen molar-refractivity contribution in [2.45, 2.75) is 57.4 Å². The molecule has 0 bridgehead atoms. The van der Waals surface area contributed by atoms with Crippen molar-refractivity contribution in [3.8, 4) is 0 Å². The lowest BCUT2D eigenvalue weighted by molar-refractivity contribution is 0.0887. The highest BCUT2D eigenvalue weighted by Gasteiger charge is 2.28. The summed E-state index contributed by atoms with van der Waals surface area (Å²) in [6.07, 6.45) is 4.89. The minimum absolute atomic E-state index is 0.381. The Bertz CT molecular complexity index is 148. The van der Waals surface area contributed by atoms with Crippen molar-refractivity contribution in [2.75, 3.05) is 13.1 Å². The van der Waals surface area contributed by atoms with Crippen molar-refractivity contribution < 1.29 is 0 Å². The van der Waals surface area contributed by atoms with Gasteiger partial charge in [0.15, 0.2) is 0 Å². The van der Waals surface area contributed by atoms with Crippen LogP contribution in [-0.2, 0) is 0 Å². The number of rotatable bonds is 3. The van der Waals surface area contributed by atoms with Crippen molar-refractivity contribution in [3.63, 3.8) is 0 Å². The lowest BCUT2D eigenvalue weighted by Crippen LogP contribution is -2.48. The van der Waals surface area contributed by atoms with Crippen LogP contribution in [0.5, 0.6) is 0 Å².